The van der Waals surface area contributed by atoms with Gasteiger partial charge in [-0.3, -0.25) is 4.79 Å². The summed E-state index contributed by atoms with van der Waals surface area (Å²) in [6.45, 7) is 5.67. The molecule has 0 aromatic heterocycles. The zero-order valence-corrected chi connectivity index (χ0v) is 8.32. The smallest absolute Gasteiger partial charge is 0.225 e. The van der Waals surface area contributed by atoms with E-state index < -0.39 is 5.54 Å². The Morgan fingerprint density at radius 3 is 2.17 bits per heavy atom. The van der Waals surface area contributed by atoms with Crippen LogP contribution in [0.1, 0.15) is 33.6 Å². The highest BCUT2D eigenvalue weighted by Crippen LogP contribution is 2.14. The van der Waals surface area contributed by atoms with Crippen molar-refractivity contribution in [1.82, 2.24) is 5.32 Å². The summed E-state index contributed by atoms with van der Waals surface area (Å²) >= 11 is 0. The Labute approximate surface area is 74.7 Å². The number of hydrogen-bond donors (Lipinski definition) is 1. The maximum absolute atomic E-state index is 11.5. The van der Waals surface area contributed by atoms with E-state index in [-0.39, 0.29) is 5.78 Å². The lowest BCUT2D eigenvalue weighted by Crippen LogP contribution is -2.48. The molecule has 0 fully saturated rings. The van der Waals surface area contributed by atoms with Crippen LogP contribution in [0.5, 0.6) is 0 Å². The highest BCUT2D eigenvalue weighted by Gasteiger charge is 2.31. The predicted octanol–water partition coefficient (Wildman–Crippen LogP) is 1.36. The number of carbonyl (C=O) groups excluding carboxylic acids is 1. The van der Waals surface area contributed by atoms with Gasteiger partial charge in [-0.2, -0.15) is 0 Å². The van der Waals surface area contributed by atoms with Crippen LogP contribution in [0.3, 0.4) is 0 Å². The molecular weight excluding hydrogens is 150 g/mol. The number of nitrogens with one attached hydrogen (secondary N) is 1. The Bertz CT molecular complexity index is 197. The van der Waals surface area contributed by atoms with Crippen LogP contribution in [0.25, 0.3) is 0 Å². The lowest BCUT2D eigenvalue weighted by molar-refractivity contribution is -0.119. The number of Topliss-reactive ketones (excluding diaryl/α,β-unsaturated/α-hetero) is 1. The van der Waals surface area contributed by atoms with Gasteiger partial charge >= 0.3 is 0 Å². The second-order valence-electron chi connectivity index (χ2n) is 2.74. The van der Waals surface area contributed by atoms with Gasteiger partial charge in [-0.1, -0.05) is 19.8 Å². The van der Waals surface area contributed by atoms with Crippen molar-refractivity contribution in [2.24, 2.45) is 0 Å². The lowest BCUT2D eigenvalue weighted by atomic mass is 9.88. The van der Waals surface area contributed by atoms with Crippen molar-refractivity contribution in [2.75, 3.05) is 7.05 Å². The standard InChI is InChI=1S/C10H17NO/c1-5-8-9(12)10(6-2,7-3)11-4/h11H,6-7H2,1-4H3. The summed E-state index contributed by atoms with van der Waals surface area (Å²) in [5, 5.41) is 3.05. The summed E-state index contributed by atoms with van der Waals surface area (Å²) in [4.78, 5) is 11.5. The second-order valence-corrected chi connectivity index (χ2v) is 2.74. The zero-order valence-electron chi connectivity index (χ0n) is 8.32. The number of likely N-dealkylation sites (N-methyl/N-ethyl adjacent to an activating group) is 1. The van der Waals surface area contributed by atoms with Gasteiger partial charge in [0.05, 0.1) is 5.54 Å². The molecule has 0 aliphatic rings. The fourth-order valence-corrected chi connectivity index (χ4v) is 1.27. The number of hydrogen-bond acceptors (Lipinski definition) is 2. The van der Waals surface area contributed by atoms with Crippen molar-refractivity contribution < 1.29 is 4.79 Å². The van der Waals surface area contributed by atoms with E-state index in [1.807, 2.05) is 20.9 Å². The van der Waals surface area contributed by atoms with Gasteiger partial charge in [0.2, 0.25) is 5.78 Å². The Hall–Kier alpha value is -0.810. The van der Waals surface area contributed by atoms with Crippen LogP contribution in [-0.4, -0.2) is 18.4 Å². The molecule has 68 valence electrons. The highest BCUT2D eigenvalue weighted by atomic mass is 16.1. The van der Waals surface area contributed by atoms with Crippen LogP contribution in [-0.2, 0) is 4.79 Å². The summed E-state index contributed by atoms with van der Waals surface area (Å²) < 4.78 is 0. The van der Waals surface area contributed by atoms with Crippen molar-refractivity contribution >= 4 is 5.78 Å². The van der Waals surface area contributed by atoms with Crippen molar-refractivity contribution in [3.05, 3.63) is 0 Å². The van der Waals surface area contributed by atoms with Gasteiger partial charge in [-0.25, -0.2) is 0 Å². The normalized spacial score (nSPS) is 10.3. The molecule has 0 spiro atoms. The minimum Gasteiger partial charge on any atom is -0.307 e. The molecule has 0 atom stereocenters. The first-order valence-corrected chi connectivity index (χ1v) is 4.33. The minimum absolute atomic E-state index is 0.00231. The maximum atomic E-state index is 11.5. The van der Waals surface area contributed by atoms with Crippen LogP contribution in [0, 0.1) is 11.8 Å². The summed E-state index contributed by atoms with van der Waals surface area (Å²) in [5.41, 5.74) is -0.428. The maximum Gasteiger partial charge on any atom is 0.225 e. The number of carbonyl (C=O) groups is 1. The molecule has 0 unspecified atom stereocenters. The van der Waals surface area contributed by atoms with Crippen molar-refractivity contribution in [3.63, 3.8) is 0 Å². The molecule has 12 heavy (non-hydrogen) atoms. The van der Waals surface area contributed by atoms with Gasteiger partial charge in [0.1, 0.15) is 0 Å². The average molecular weight is 167 g/mol. The van der Waals surface area contributed by atoms with Crippen LogP contribution < -0.4 is 5.32 Å². The van der Waals surface area contributed by atoms with Gasteiger partial charge in [0.25, 0.3) is 0 Å². The zero-order chi connectivity index (χ0) is 9.61. The molecule has 0 saturated carbocycles. The monoisotopic (exact) mass is 167 g/mol. The molecule has 0 saturated heterocycles. The summed E-state index contributed by atoms with van der Waals surface area (Å²) in [6, 6.07) is 0. The first kappa shape index (κ1) is 11.2. The van der Waals surface area contributed by atoms with Crippen molar-refractivity contribution in [3.8, 4) is 11.8 Å². The third-order valence-corrected chi connectivity index (χ3v) is 2.36. The summed E-state index contributed by atoms with van der Waals surface area (Å²) in [7, 11) is 1.81. The van der Waals surface area contributed by atoms with Gasteiger partial charge in [-0.15, -0.1) is 0 Å². The number of rotatable bonds is 4. The third kappa shape index (κ3) is 2.09. The van der Waals surface area contributed by atoms with E-state index in [9.17, 15) is 4.79 Å². The highest BCUT2D eigenvalue weighted by molar-refractivity contribution is 6.02. The largest absolute Gasteiger partial charge is 0.307 e. The topological polar surface area (TPSA) is 29.1 Å². The van der Waals surface area contributed by atoms with Crippen LogP contribution >= 0.6 is 0 Å². The van der Waals surface area contributed by atoms with E-state index >= 15 is 0 Å². The molecule has 0 aromatic carbocycles. The van der Waals surface area contributed by atoms with Gasteiger partial charge in [-0.05, 0) is 32.7 Å². The van der Waals surface area contributed by atoms with Crippen LogP contribution in [0.2, 0.25) is 0 Å². The minimum atomic E-state index is -0.428. The quantitative estimate of drug-likeness (QED) is 0.506. The van der Waals surface area contributed by atoms with Crippen LogP contribution in [0.15, 0.2) is 0 Å². The molecule has 0 rings (SSSR count). The van der Waals surface area contributed by atoms with E-state index in [1.165, 1.54) is 0 Å². The Kier molecular flexibility index (Phi) is 4.61. The molecule has 0 radical (unpaired) electrons. The summed E-state index contributed by atoms with van der Waals surface area (Å²) in [6.07, 6.45) is 1.57. The first-order chi connectivity index (χ1) is 5.66. The Morgan fingerprint density at radius 1 is 1.42 bits per heavy atom. The molecule has 1 N–H and O–H groups in total. The Balaban J connectivity index is 4.66. The second kappa shape index (κ2) is 4.95. The molecule has 0 aliphatic heterocycles. The molecule has 2 heteroatoms. The molecule has 0 aliphatic carbocycles. The van der Waals surface area contributed by atoms with Gasteiger partial charge < -0.3 is 5.32 Å². The third-order valence-electron chi connectivity index (χ3n) is 2.36. The predicted molar refractivity (Wildman–Crippen MR) is 50.8 cm³/mol. The fraction of sp³-hybridized carbons (Fsp3) is 0.700. The van der Waals surface area contributed by atoms with Gasteiger partial charge in [0, 0.05) is 0 Å². The summed E-state index contributed by atoms with van der Waals surface area (Å²) in [5.74, 6) is 5.22. The first-order valence-electron chi connectivity index (χ1n) is 4.33. The molecule has 0 heterocycles. The van der Waals surface area contributed by atoms with Crippen molar-refractivity contribution in [2.45, 2.75) is 39.2 Å². The SMILES string of the molecule is CC#CC(=O)C(CC)(CC)NC. The molecule has 2 nitrogen and oxygen atoms in total. The van der Waals surface area contributed by atoms with E-state index in [2.05, 4.69) is 17.2 Å². The van der Waals surface area contributed by atoms with Crippen molar-refractivity contribution in [1.29, 1.82) is 0 Å². The molecular formula is C10H17NO. The molecule has 0 bridgehead atoms. The molecule has 0 amide bonds. The van der Waals surface area contributed by atoms with Crippen LogP contribution in [0.4, 0.5) is 0 Å². The van der Waals surface area contributed by atoms with E-state index in [0.717, 1.165) is 12.8 Å². The van der Waals surface area contributed by atoms with E-state index in [0.29, 0.717) is 0 Å². The Morgan fingerprint density at radius 2 is 1.92 bits per heavy atom. The fourth-order valence-electron chi connectivity index (χ4n) is 1.27. The van der Waals surface area contributed by atoms with E-state index in [4.69, 9.17) is 0 Å². The lowest BCUT2D eigenvalue weighted by Gasteiger charge is -2.26. The van der Waals surface area contributed by atoms with Gasteiger partial charge in [0.15, 0.2) is 0 Å². The molecule has 0 aromatic rings. The van der Waals surface area contributed by atoms with E-state index in [1.54, 1.807) is 6.92 Å². The average Bonchev–Trinajstić information content (AvgIpc) is 2.09. The number of ketones is 1.